The number of nitrogens with one attached hydrogen (secondary N) is 1. The van der Waals surface area contributed by atoms with Gasteiger partial charge in [-0.1, -0.05) is 30.3 Å². The van der Waals surface area contributed by atoms with E-state index in [0.29, 0.717) is 5.69 Å². The van der Waals surface area contributed by atoms with Crippen LogP contribution in [0.15, 0.2) is 48.7 Å². The number of benzene rings is 1. The minimum atomic E-state index is -3.67. The summed E-state index contributed by atoms with van der Waals surface area (Å²) in [5.41, 5.74) is 1.52. The number of carbonyl (C=O) groups excluding carboxylic acids is 1. The monoisotopic (exact) mass is 453 g/mol. The number of methoxy groups -OCH3 is 1. The van der Waals surface area contributed by atoms with Gasteiger partial charge in [0, 0.05) is 25.2 Å². The third kappa shape index (κ3) is 6.52. The first-order valence-electron chi connectivity index (χ1n) is 9.86. The topological polar surface area (TPSA) is 88.6 Å². The van der Waals surface area contributed by atoms with E-state index in [1.54, 1.807) is 4.90 Å². The van der Waals surface area contributed by atoms with Crippen LogP contribution in [0.25, 0.3) is 0 Å². The normalized spacial score (nSPS) is 17.4. The molecule has 0 amide bonds. The quantitative estimate of drug-likeness (QED) is 0.588. The second-order valence-electron chi connectivity index (χ2n) is 7.46. The molecule has 3 rings (SSSR count). The van der Waals surface area contributed by atoms with E-state index in [4.69, 9.17) is 0 Å². The number of halogens is 2. The molecule has 168 valence electrons. The fourth-order valence-electron chi connectivity index (χ4n) is 3.55. The van der Waals surface area contributed by atoms with Crippen LogP contribution in [0.2, 0.25) is 0 Å². The Kier molecular flexibility index (Phi) is 7.34. The van der Waals surface area contributed by atoms with E-state index in [1.165, 1.54) is 25.4 Å². The summed E-state index contributed by atoms with van der Waals surface area (Å²) in [4.78, 5) is 17.1. The van der Waals surface area contributed by atoms with Crippen LogP contribution < -0.4 is 4.72 Å². The molecule has 1 atom stereocenters. The maximum absolute atomic E-state index is 13.7. The van der Waals surface area contributed by atoms with Crippen LogP contribution in [0.1, 0.15) is 40.5 Å². The highest BCUT2D eigenvalue weighted by atomic mass is 32.2. The van der Waals surface area contributed by atoms with E-state index < -0.39 is 28.0 Å². The van der Waals surface area contributed by atoms with Gasteiger partial charge in [0.15, 0.2) is 0 Å². The number of carbonyl (C=O) groups is 1. The molecule has 2 aromatic rings. The Morgan fingerprint density at radius 1 is 1.26 bits per heavy atom. The highest BCUT2D eigenvalue weighted by molar-refractivity contribution is 7.89. The lowest BCUT2D eigenvalue weighted by molar-refractivity contribution is 0.00728. The smallest absolute Gasteiger partial charge is 0.339 e. The second-order valence-corrected chi connectivity index (χ2v) is 9.39. The molecule has 1 saturated heterocycles. The predicted molar refractivity (Wildman–Crippen MR) is 111 cm³/mol. The summed E-state index contributed by atoms with van der Waals surface area (Å²) in [7, 11) is -2.41. The van der Waals surface area contributed by atoms with E-state index in [1.807, 2.05) is 30.3 Å². The van der Waals surface area contributed by atoms with E-state index >= 15 is 0 Å². The van der Waals surface area contributed by atoms with Gasteiger partial charge in [0.25, 0.3) is 5.92 Å². The molecule has 10 heteroatoms. The van der Waals surface area contributed by atoms with Crippen LogP contribution in [-0.4, -0.2) is 56.1 Å². The van der Waals surface area contributed by atoms with Crippen molar-refractivity contribution in [1.82, 2.24) is 14.6 Å². The first kappa shape index (κ1) is 23.2. The largest absolute Gasteiger partial charge is 0.465 e. The maximum Gasteiger partial charge on any atom is 0.339 e. The molecule has 1 unspecified atom stereocenters. The van der Waals surface area contributed by atoms with Crippen LogP contribution in [0.5, 0.6) is 0 Å². The third-order valence-electron chi connectivity index (χ3n) is 5.20. The fourth-order valence-corrected chi connectivity index (χ4v) is 4.60. The molecule has 1 aromatic heterocycles. The number of sulfonamides is 1. The highest BCUT2D eigenvalue weighted by Crippen LogP contribution is 2.35. The van der Waals surface area contributed by atoms with Gasteiger partial charge in [-0.2, -0.15) is 0 Å². The number of pyridine rings is 1. The van der Waals surface area contributed by atoms with Gasteiger partial charge in [-0.15, -0.1) is 0 Å². The minimum Gasteiger partial charge on any atom is -0.465 e. The molecule has 1 aromatic carbocycles. The van der Waals surface area contributed by atoms with Gasteiger partial charge >= 0.3 is 5.97 Å². The number of likely N-dealkylation sites (tertiary alicyclic amines) is 1. The number of ether oxygens (including phenoxy) is 1. The number of alkyl halides is 2. The average Bonchev–Trinajstić information content (AvgIpc) is 3.12. The Morgan fingerprint density at radius 2 is 2.00 bits per heavy atom. The lowest BCUT2D eigenvalue weighted by atomic mass is 10.0. The van der Waals surface area contributed by atoms with Crippen molar-refractivity contribution in [3.63, 3.8) is 0 Å². The molecule has 2 heterocycles. The highest BCUT2D eigenvalue weighted by Gasteiger charge is 2.41. The van der Waals surface area contributed by atoms with Gasteiger partial charge in [0.2, 0.25) is 10.0 Å². The number of hydrogen-bond acceptors (Lipinski definition) is 6. The average molecular weight is 454 g/mol. The Hall–Kier alpha value is -2.43. The molecule has 1 fully saturated rings. The number of rotatable bonds is 9. The molecular formula is C21H25F2N3O4S. The molecular weight excluding hydrogens is 428 g/mol. The van der Waals surface area contributed by atoms with Gasteiger partial charge in [0.05, 0.1) is 37.2 Å². The Morgan fingerprint density at radius 3 is 2.58 bits per heavy atom. The van der Waals surface area contributed by atoms with Crippen molar-refractivity contribution in [2.45, 2.75) is 31.4 Å². The van der Waals surface area contributed by atoms with Crippen molar-refractivity contribution < 1.29 is 26.7 Å². The number of aromatic nitrogens is 1. The molecule has 0 saturated carbocycles. The van der Waals surface area contributed by atoms with Crippen molar-refractivity contribution >= 4 is 16.0 Å². The first-order chi connectivity index (χ1) is 14.7. The zero-order valence-electron chi connectivity index (χ0n) is 17.1. The standard InChI is InChI=1S/C21H25F2N3O4S/c1-30-20(27)17-7-8-18(24-13-17)14-25-31(28,29)12-9-19(16-5-3-2-4-6-16)26-11-10-21(22,23)15-26/h2-8,13,19,25H,9-12,14-15H2,1H3. The van der Waals surface area contributed by atoms with E-state index in [0.717, 1.165) is 5.56 Å². The number of esters is 1. The van der Waals surface area contributed by atoms with Crippen molar-refractivity contribution in [3.05, 3.63) is 65.5 Å². The van der Waals surface area contributed by atoms with Gasteiger partial charge in [-0.05, 0) is 24.1 Å². The SMILES string of the molecule is COC(=O)c1ccc(CNS(=O)(=O)CCC(c2ccccc2)N2CCC(F)(F)C2)nc1. The van der Waals surface area contributed by atoms with Crippen LogP contribution in [0.4, 0.5) is 8.78 Å². The summed E-state index contributed by atoms with van der Waals surface area (Å²) in [6, 6.07) is 11.7. The zero-order chi connectivity index (χ0) is 22.5. The van der Waals surface area contributed by atoms with Gasteiger partial charge in [-0.25, -0.2) is 26.7 Å². The summed E-state index contributed by atoms with van der Waals surface area (Å²) in [5.74, 6) is -3.50. The van der Waals surface area contributed by atoms with Crippen LogP contribution in [0, 0.1) is 0 Å². The Balaban J connectivity index is 1.61. The number of nitrogens with zero attached hydrogens (tertiary/aromatic N) is 2. The minimum absolute atomic E-state index is 0.0401. The molecule has 1 aliphatic heterocycles. The lowest BCUT2D eigenvalue weighted by Gasteiger charge is -2.28. The van der Waals surface area contributed by atoms with Crippen molar-refractivity contribution in [2.24, 2.45) is 0 Å². The summed E-state index contributed by atoms with van der Waals surface area (Å²) in [5, 5.41) is 0. The number of hydrogen-bond donors (Lipinski definition) is 1. The third-order valence-corrected chi connectivity index (χ3v) is 6.56. The molecule has 1 aliphatic rings. The molecule has 0 aliphatic carbocycles. The van der Waals surface area contributed by atoms with E-state index in [9.17, 15) is 22.0 Å². The summed E-state index contributed by atoms with van der Waals surface area (Å²) in [6.07, 6.45) is 1.27. The van der Waals surface area contributed by atoms with Crippen molar-refractivity contribution in [1.29, 1.82) is 0 Å². The lowest BCUT2D eigenvalue weighted by Crippen LogP contribution is -2.33. The van der Waals surface area contributed by atoms with Crippen LogP contribution in [0.3, 0.4) is 0 Å². The Labute approximate surface area is 180 Å². The molecule has 31 heavy (non-hydrogen) atoms. The van der Waals surface area contributed by atoms with Crippen LogP contribution >= 0.6 is 0 Å². The zero-order valence-corrected chi connectivity index (χ0v) is 17.9. The molecule has 1 N–H and O–H groups in total. The van der Waals surface area contributed by atoms with E-state index in [-0.39, 0.29) is 43.8 Å². The molecule has 7 nitrogen and oxygen atoms in total. The van der Waals surface area contributed by atoms with Gasteiger partial charge in [0.1, 0.15) is 0 Å². The molecule has 0 spiro atoms. The first-order valence-corrected chi connectivity index (χ1v) is 11.5. The van der Waals surface area contributed by atoms with Gasteiger partial charge < -0.3 is 4.74 Å². The maximum atomic E-state index is 13.7. The van der Waals surface area contributed by atoms with Gasteiger partial charge in [-0.3, -0.25) is 9.88 Å². The van der Waals surface area contributed by atoms with Crippen molar-refractivity contribution in [2.75, 3.05) is 26.0 Å². The second kappa shape index (κ2) is 9.80. The summed E-state index contributed by atoms with van der Waals surface area (Å²) >= 11 is 0. The Bertz CT molecular complexity index is 985. The predicted octanol–water partition coefficient (Wildman–Crippen LogP) is 2.76. The summed E-state index contributed by atoms with van der Waals surface area (Å²) in [6.45, 7) is -0.200. The van der Waals surface area contributed by atoms with E-state index in [2.05, 4.69) is 14.4 Å². The van der Waals surface area contributed by atoms with Crippen molar-refractivity contribution in [3.8, 4) is 0 Å². The molecule has 0 bridgehead atoms. The molecule has 0 radical (unpaired) electrons. The van der Waals surface area contributed by atoms with Crippen LogP contribution in [-0.2, 0) is 21.3 Å². The fraction of sp³-hybridized carbons (Fsp3) is 0.429. The summed E-state index contributed by atoms with van der Waals surface area (Å²) < 4.78 is 59.6.